The highest BCUT2D eigenvalue weighted by Gasteiger charge is 2.50. The molecule has 7 nitrogen and oxygen atoms in total. The molecule has 0 aliphatic carbocycles. The molecule has 2 amide bonds. The van der Waals surface area contributed by atoms with Crippen LogP contribution in [-0.4, -0.2) is 56.9 Å². The van der Waals surface area contributed by atoms with Crippen molar-refractivity contribution < 1.29 is 18.0 Å². The first-order valence-corrected chi connectivity index (χ1v) is 10.8. The minimum atomic E-state index is -3.61. The lowest BCUT2D eigenvalue weighted by Crippen LogP contribution is -2.59. The van der Waals surface area contributed by atoms with Crippen molar-refractivity contribution in [1.82, 2.24) is 10.6 Å². The van der Waals surface area contributed by atoms with Gasteiger partial charge < -0.3 is 15.5 Å². The van der Waals surface area contributed by atoms with Crippen LogP contribution in [0.25, 0.3) is 0 Å². The van der Waals surface area contributed by atoms with E-state index in [1.165, 1.54) is 0 Å². The quantitative estimate of drug-likeness (QED) is 0.778. The molecular formula is C17H22ClN3O4S. The van der Waals surface area contributed by atoms with E-state index in [9.17, 15) is 18.0 Å². The number of hydrogen-bond acceptors (Lipinski definition) is 5. The monoisotopic (exact) mass is 399 g/mol. The Morgan fingerprint density at radius 1 is 1.27 bits per heavy atom. The van der Waals surface area contributed by atoms with Crippen LogP contribution in [0.4, 0.5) is 5.69 Å². The molecule has 1 aromatic rings. The van der Waals surface area contributed by atoms with Crippen molar-refractivity contribution in [2.75, 3.05) is 30.8 Å². The highest BCUT2D eigenvalue weighted by Crippen LogP contribution is 2.29. The summed E-state index contributed by atoms with van der Waals surface area (Å²) in [5.74, 6) is -0.809. The number of carbonyl (C=O) groups excluding carboxylic acids is 2. The van der Waals surface area contributed by atoms with Crippen LogP contribution in [0.3, 0.4) is 0 Å². The van der Waals surface area contributed by atoms with E-state index >= 15 is 0 Å². The fraction of sp³-hybridized carbons (Fsp3) is 0.529. The van der Waals surface area contributed by atoms with Crippen molar-refractivity contribution in [3.8, 4) is 0 Å². The number of piperidine rings is 1. The van der Waals surface area contributed by atoms with Gasteiger partial charge in [0.2, 0.25) is 11.8 Å². The summed E-state index contributed by atoms with van der Waals surface area (Å²) in [7, 11) is -3.61. The van der Waals surface area contributed by atoms with E-state index in [4.69, 9.17) is 11.6 Å². The lowest BCUT2D eigenvalue weighted by Gasteiger charge is -2.35. The summed E-state index contributed by atoms with van der Waals surface area (Å²) >= 11 is 5.87. The molecule has 0 bridgehead atoms. The first-order valence-electron chi connectivity index (χ1n) is 8.53. The molecule has 3 rings (SSSR count). The maximum atomic E-state index is 12.8. The van der Waals surface area contributed by atoms with E-state index in [0.717, 1.165) is 6.26 Å². The molecular weight excluding hydrogens is 378 g/mol. The number of sulfone groups is 1. The predicted molar refractivity (Wildman–Crippen MR) is 100 cm³/mol. The Morgan fingerprint density at radius 2 is 1.88 bits per heavy atom. The van der Waals surface area contributed by atoms with Crippen LogP contribution in [0.5, 0.6) is 0 Å². The number of nitrogens with zero attached hydrogens (tertiary/aromatic N) is 1. The number of nitrogens with one attached hydrogen (secondary N) is 2. The van der Waals surface area contributed by atoms with Gasteiger partial charge in [0.1, 0.15) is 6.04 Å². The summed E-state index contributed by atoms with van der Waals surface area (Å²) < 4.78 is 23.2. The number of halogens is 1. The Labute approximate surface area is 158 Å². The summed E-state index contributed by atoms with van der Waals surface area (Å²) in [6, 6.07) is 6.17. The van der Waals surface area contributed by atoms with Crippen LogP contribution in [0.1, 0.15) is 19.3 Å². The Morgan fingerprint density at radius 3 is 2.46 bits per heavy atom. The maximum Gasteiger partial charge on any atom is 0.249 e. The third kappa shape index (κ3) is 3.45. The van der Waals surface area contributed by atoms with Gasteiger partial charge in [0.15, 0.2) is 14.6 Å². The summed E-state index contributed by atoms with van der Waals surface area (Å²) in [6.07, 6.45) is 1.94. The van der Waals surface area contributed by atoms with Gasteiger partial charge in [0, 0.05) is 23.5 Å². The van der Waals surface area contributed by atoms with Crippen molar-refractivity contribution in [2.45, 2.75) is 30.1 Å². The molecule has 142 valence electrons. The van der Waals surface area contributed by atoms with Crippen molar-refractivity contribution in [1.29, 1.82) is 0 Å². The predicted octanol–water partition coefficient (Wildman–Crippen LogP) is 0.728. The molecule has 2 saturated heterocycles. The van der Waals surface area contributed by atoms with Crippen LogP contribution in [0, 0.1) is 0 Å². The van der Waals surface area contributed by atoms with Crippen molar-refractivity contribution >= 4 is 38.9 Å². The van der Waals surface area contributed by atoms with Gasteiger partial charge in [-0.05, 0) is 56.6 Å². The van der Waals surface area contributed by atoms with Gasteiger partial charge in [-0.15, -0.1) is 0 Å². The summed E-state index contributed by atoms with van der Waals surface area (Å²) in [5, 5.41) is 6.34. The summed E-state index contributed by atoms with van der Waals surface area (Å²) in [4.78, 5) is 27.1. The number of hydrogen-bond donors (Lipinski definition) is 2. The molecule has 0 saturated carbocycles. The zero-order chi connectivity index (χ0) is 18.9. The normalized spacial score (nSPS) is 23.1. The minimum Gasteiger partial charge on any atom is -0.343 e. The fourth-order valence-electron chi connectivity index (χ4n) is 3.58. The van der Waals surface area contributed by atoms with Gasteiger partial charge in [-0.2, -0.15) is 0 Å². The standard InChI is InChI=1S/C17H22ClN3O4S/c1-26(24,25)17(7-9-19-10-8-17)16(23)20-14-6-11-21(15(14)22)13-4-2-12(18)3-5-13/h2-5,14,19H,6-11H2,1H3,(H,20,23). The maximum absolute atomic E-state index is 12.8. The highest BCUT2D eigenvalue weighted by molar-refractivity contribution is 7.92. The summed E-state index contributed by atoms with van der Waals surface area (Å²) in [6.45, 7) is 1.37. The topological polar surface area (TPSA) is 95.6 Å². The number of anilines is 1. The largest absolute Gasteiger partial charge is 0.343 e. The number of carbonyl (C=O) groups is 2. The molecule has 26 heavy (non-hydrogen) atoms. The van der Waals surface area contributed by atoms with Gasteiger partial charge in [-0.1, -0.05) is 11.6 Å². The molecule has 1 aromatic carbocycles. The number of amides is 2. The Bertz CT molecular complexity index is 804. The molecule has 1 atom stereocenters. The zero-order valence-electron chi connectivity index (χ0n) is 14.5. The first-order chi connectivity index (χ1) is 12.2. The molecule has 0 aromatic heterocycles. The van der Waals surface area contributed by atoms with E-state index in [2.05, 4.69) is 10.6 Å². The molecule has 2 aliphatic rings. The van der Waals surface area contributed by atoms with Crippen molar-refractivity contribution in [2.24, 2.45) is 0 Å². The molecule has 2 heterocycles. The molecule has 0 spiro atoms. The minimum absolute atomic E-state index is 0.208. The Kier molecular flexibility index (Phi) is 5.28. The van der Waals surface area contributed by atoms with Gasteiger partial charge in [0.25, 0.3) is 0 Å². The second-order valence-electron chi connectivity index (χ2n) is 6.80. The third-order valence-corrected chi connectivity index (χ3v) is 7.45. The van der Waals surface area contributed by atoms with Crippen LogP contribution >= 0.6 is 11.6 Å². The third-order valence-electron chi connectivity index (χ3n) is 5.18. The second-order valence-corrected chi connectivity index (χ2v) is 9.56. The van der Waals surface area contributed by atoms with E-state index in [-0.39, 0.29) is 18.7 Å². The Balaban J connectivity index is 1.75. The van der Waals surface area contributed by atoms with E-state index < -0.39 is 26.5 Å². The van der Waals surface area contributed by atoms with Crippen LogP contribution in [0.15, 0.2) is 24.3 Å². The van der Waals surface area contributed by atoms with Gasteiger partial charge >= 0.3 is 0 Å². The van der Waals surface area contributed by atoms with Crippen LogP contribution in [0.2, 0.25) is 5.02 Å². The molecule has 9 heteroatoms. The lowest BCUT2D eigenvalue weighted by atomic mass is 9.95. The van der Waals surface area contributed by atoms with E-state index in [1.807, 2.05) is 0 Å². The fourth-order valence-corrected chi connectivity index (χ4v) is 5.05. The smallest absolute Gasteiger partial charge is 0.249 e. The first kappa shape index (κ1) is 19.1. The average Bonchev–Trinajstić information content (AvgIpc) is 2.96. The van der Waals surface area contributed by atoms with E-state index in [1.54, 1.807) is 29.2 Å². The highest BCUT2D eigenvalue weighted by atomic mass is 35.5. The molecule has 0 radical (unpaired) electrons. The van der Waals surface area contributed by atoms with Gasteiger partial charge in [0.05, 0.1) is 0 Å². The molecule has 1 unspecified atom stereocenters. The average molecular weight is 400 g/mol. The molecule has 2 fully saturated rings. The van der Waals surface area contributed by atoms with E-state index in [0.29, 0.717) is 36.8 Å². The molecule has 2 N–H and O–H groups in total. The van der Waals surface area contributed by atoms with Crippen molar-refractivity contribution in [3.05, 3.63) is 29.3 Å². The zero-order valence-corrected chi connectivity index (χ0v) is 16.1. The Hall–Kier alpha value is -1.64. The van der Waals surface area contributed by atoms with Gasteiger partial charge in [-0.3, -0.25) is 9.59 Å². The van der Waals surface area contributed by atoms with Crippen LogP contribution < -0.4 is 15.5 Å². The second kappa shape index (κ2) is 7.17. The number of rotatable bonds is 4. The summed E-state index contributed by atoms with van der Waals surface area (Å²) in [5.41, 5.74) is 0.704. The van der Waals surface area contributed by atoms with Gasteiger partial charge in [-0.25, -0.2) is 8.42 Å². The SMILES string of the molecule is CS(=O)(=O)C1(C(=O)NC2CCN(c3ccc(Cl)cc3)C2=O)CCNCC1. The molecule has 2 aliphatic heterocycles. The van der Waals surface area contributed by atoms with Crippen LogP contribution in [-0.2, 0) is 19.4 Å². The lowest BCUT2D eigenvalue weighted by molar-refractivity contribution is -0.128. The number of benzene rings is 1. The van der Waals surface area contributed by atoms with Crippen molar-refractivity contribution in [3.63, 3.8) is 0 Å².